The number of nitrogens with two attached hydrogens (primary N) is 1. The number of benzene rings is 1. The largest absolute Gasteiger partial charge is 0.363 e. The molecular formula is C14H20N2O2. The molecule has 1 aliphatic heterocycles. The number of carbonyl (C=O) groups excluding carboxylic acids is 1. The summed E-state index contributed by atoms with van der Waals surface area (Å²) in [7, 11) is 0. The minimum absolute atomic E-state index is 0.110. The number of nitrogens with one attached hydrogen (secondary N) is 1. The van der Waals surface area contributed by atoms with Gasteiger partial charge in [-0.05, 0) is 31.4 Å². The van der Waals surface area contributed by atoms with Crippen LogP contribution in [0.25, 0.3) is 0 Å². The van der Waals surface area contributed by atoms with E-state index < -0.39 is 11.6 Å². The lowest BCUT2D eigenvalue weighted by Gasteiger charge is -2.27. The van der Waals surface area contributed by atoms with Crippen molar-refractivity contribution in [3.05, 3.63) is 35.4 Å². The zero-order valence-corrected chi connectivity index (χ0v) is 10.9. The summed E-state index contributed by atoms with van der Waals surface area (Å²) in [4.78, 5) is 12.1. The van der Waals surface area contributed by atoms with Crippen LogP contribution in [0.1, 0.15) is 31.1 Å². The maximum absolute atomic E-state index is 12.1. The van der Waals surface area contributed by atoms with Gasteiger partial charge in [-0.2, -0.15) is 0 Å². The van der Waals surface area contributed by atoms with E-state index in [-0.39, 0.29) is 5.91 Å². The normalized spacial score (nSPS) is 19.2. The minimum Gasteiger partial charge on any atom is -0.363 e. The standard InChI is InChI=1S/C14H20N2O2/c1-14(2,15)9-16-13(17)12-11-6-4-3-5-10(11)7-8-18-12/h3-6,12H,7-9,15H2,1-2H3,(H,16,17). The summed E-state index contributed by atoms with van der Waals surface area (Å²) in [6, 6.07) is 7.92. The van der Waals surface area contributed by atoms with Crippen LogP contribution in [0, 0.1) is 0 Å². The third-order valence-electron chi connectivity index (χ3n) is 2.95. The molecule has 98 valence electrons. The maximum atomic E-state index is 12.1. The second-order valence-corrected chi connectivity index (χ2v) is 5.41. The van der Waals surface area contributed by atoms with Crippen LogP contribution in [-0.2, 0) is 16.0 Å². The zero-order valence-electron chi connectivity index (χ0n) is 10.9. The van der Waals surface area contributed by atoms with E-state index in [0.717, 1.165) is 12.0 Å². The summed E-state index contributed by atoms with van der Waals surface area (Å²) >= 11 is 0. The highest BCUT2D eigenvalue weighted by Gasteiger charge is 2.27. The first-order valence-corrected chi connectivity index (χ1v) is 6.23. The Morgan fingerprint density at radius 1 is 1.50 bits per heavy atom. The van der Waals surface area contributed by atoms with E-state index in [2.05, 4.69) is 5.32 Å². The molecule has 1 amide bonds. The molecule has 4 nitrogen and oxygen atoms in total. The van der Waals surface area contributed by atoms with E-state index in [4.69, 9.17) is 10.5 Å². The number of hydrogen-bond donors (Lipinski definition) is 2. The molecule has 1 unspecified atom stereocenters. The maximum Gasteiger partial charge on any atom is 0.253 e. The molecule has 1 aliphatic rings. The van der Waals surface area contributed by atoms with Crippen molar-refractivity contribution in [3.8, 4) is 0 Å². The van der Waals surface area contributed by atoms with Crippen LogP contribution in [0.2, 0.25) is 0 Å². The van der Waals surface area contributed by atoms with Gasteiger partial charge >= 0.3 is 0 Å². The van der Waals surface area contributed by atoms with E-state index in [0.29, 0.717) is 13.2 Å². The second kappa shape index (κ2) is 5.08. The van der Waals surface area contributed by atoms with Gasteiger partial charge in [-0.25, -0.2) is 0 Å². The molecule has 0 fully saturated rings. The third-order valence-corrected chi connectivity index (χ3v) is 2.95. The molecule has 4 heteroatoms. The molecule has 1 aromatic carbocycles. The van der Waals surface area contributed by atoms with Crippen molar-refractivity contribution in [1.29, 1.82) is 0 Å². The number of hydrogen-bond acceptors (Lipinski definition) is 3. The van der Waals surface area contributed by atoms with Crippen LogP contribution >= 0.6 is 0 Å². The van der Waals surface area contributed by atoms with Gasteiger partial charge in [0.1, 0.15) is 0 Å². The van der Waals surface area contributed by atoms with Crippen LogP contribution in [0.5, 0.6) is 0 Å². The molecule has 0 aliphatic carbocycles. The predicted molar refractivity (Wildman–Crippen MR) is 70.1 cm³/mol. The Morgan fingerprint density at radius 3 is 2.94 bits per heavy atom. The molecule has 0 radical (unpaired) electrons. The van der Waals surface area contributed by atoms with E-state index >= 15 is 0 Å². The van der Waals surface area contributed by atoms with Crippen LogP contribution in [0.3, 0.4) is 0 Å². The second-order valence-electron chi connectivity index (χ2n) is 5.41. The Balaban J connectivity index is 2.08. The van der Waals surface area contributed by atoms with Gasteiger partial charge in [0.2, 0.25) is 0 Å². The number of amides is 1. The lowest BCUT2D eigenvalue weighted by molar-refractivity contribution is -0.134. The highest BCUT2D eigenvalue weighted by atomic mass is 16.5. The lowest BCUT2D eigenvalue weighted by atomic mass is 9.97. The Hall–Kier alpha value is -1.39. The Bertz CT molecular complexity index is 438. The fourth-order valence-electron chi connectivity index (χ4n) is 2.02. The molecule has 0 saturated heterocycles. The third kappa shape index (κ3) is 3.09. The average Bonchev–Trinajstić information content (AvgIpc) is 2.34. The van der Waals surface area contributed by atoms with Gasteiger partial charge in [0, 0.05) is 12.1 Å². The molecule has 1 aromatic rings. The smallest absolute Gasteiger partial charge is 0.253 e. The van der Waals surface area contributed by atoms with Crippen LogP contribution < -0.4 is 11.1 Å². The quantitative estimate of drug-likeness (QED) is 0.843. The van der Waals surface area contributed by atoms with Crippen molar-refractivity contribution in [2.24, 2.45) is 5.73 Å². The molecule has 1 atom stereocenters. The summed E-state index contributed by atoms with van der Waals surface area (Å²) in [6.07, 6.45) is 0.361. The van der Waals surface area contributed by atoms with E-state index in [1.54, 1.807) is 0 Å². The number of ether oxygens (including phenoxy) is 1. The SMILES string of the molecule is CC(C)(N)CNC(=O)C1OCCc2ccccc21. The molecule has 0 spiro atoms. The van der Waals surface area contributed by atoms with Crippen molar-refractivity contribution >= 4 is 5.91 Å². The van der Waals surface area contributed by atoms with E-state index in [9.17, 15) is 4.79 Å². The highest BCUT2D eigenvalue weighted by molar-refractivity contribution is 5.83. The molecule has 1 heterocycles. The molecule has 18 heavy (non-hydrogen) atoms. The van der Waals surface area contributed by atoms with Gasteiger partial charge in [0.25, 0.3) is 5.91 Å². The monoisotopic (exact) mass is 248 g/mol. The first-order chi connectivity index (χ1) is 8.47. The summed E-state index contributed by atoms with van der Waals surface area (Å²) in [5, 5.41) is 2.84. The Morgan fingerprint density at radius 2 is 2.22 bits per heavy atom. The molecule has 2 rings (SSSR count). The van der Waals surface area contributed by atoms with Gasteiger partial charge in [-0.15, -0.1) is 0 Å². The minimum atomic E-state index is -0.503. The van der Waals surface area contributed by atoms with Crippen LogP contribution in [0.15, 0.2) is 24.3 Å². The highest BCUT2D eigenvalue weighted by Crippen LogP contribution is 2.26. The van der Waals surface area contributed by atoms with Gasteiger partial charge in [-0.1, -0.05) is 24.3 Å². The van der Waals surface area contributed by atoms with E-state index in [1.807, 2.05) is 38.1 Å². The van der Waals surface area contributed by atoms with Crippen molar-refractivity contribution in [2.75, 3.05) is 13.2 Å². The fraction of sp³-hybridized carbons (Fsp3) is 0.500. The Kier molecular flexibility index (Phi) is 3.68. The van der Waals surface area contributed by atoms with Crippen LogP contribution in [-0.4, -0.2) is 24.6 Å². The summed E-state index contributed by atoms with van der Waals surface area (Å²) in [5.41, 5.74) is 7.60. The van der Waals surface area contributed by atoms with Crippen LogP contribution in [0.4, 0.5) is 0 Å². The first kappa shape index (κ1) is 13.1. The average molecular weight is 248 g/mol. The first-order valence-electron chi connectivity index (χ1n) is 6.23. The van der Waals surface area contributed by atoms with Gasteiger partial charge in [0.05, 0.1) is 6.61 Å². The number of rotatable bonds is 3. The predicted octanol–water partition coefficient (Wildman–Crippen LogP) is 1.15. The van der Waals surface area contributed by atoms with E-state index in [1.165, 1.54) is 5.56 Å². The molecule has 3 N–H and O–H groups in total. The van der Waals surface area contributed by atoms with Crippen molar-refractivity contribution in [1.82, 2.24) is 5.32 Å². The van der Waals surface area contributed by atoms with Crippen molar-refractivity contribution < 1.29 is 9.53 Å². The van der Waals surface area contributed by atoms with Gasteiger partial charge in [-0.3, -0.25) is 4.79 Å². The van der Waals surface area contributed by atoms with Crippen molar-refractivity contribution in [2.45, 2.75) is 31.9 Å². The summed E-state index contributed by atoms with van der Waals surface area (Å²) in [6.45, 7) is 4.78. The topological polar surface area (TPSA) is 64.3 Å². The summed E-state index contributed by atoms with van der Waals surface area (Å²) < 4.78 is 5.58. The zero-order chi connectivity index (χ0) is 13.2. The van der Waals surface area contributed by atoms with Gasteiger partial charge < -0.3 is 15.8 Å². The Labute approximate surface area is 108 Å². The van der Waals surface area contributed by atoms with Crippen molar-refractivity contribution in [3.63, 3.8) is 0 Å². The molecule has 0 saturated carbocycles. The molecular weight excluding hydrogens is 228 g/mol. The lowest BCUT2D eigenvalue weighted by Crippen LogP contribution is -2.47. The molecule has 0 bridgehead atoms. The molecule has 0 aromatic heterocycles. The fourth-order valence-corrected chi connectivity index (χ4v) is 2.02. The van der Waals surface area contributed by atoms with Gasteiger partial charge in [0.15, 0.2) is 6.10 Å². The number of carbonyl (C=O) groups is 1. The number of fused-ring (bicyclic) bond motifs is 1. The summed E-state index contributed by atoms with van der Waals surface area (Å²) in [5.74, 6) is -0.110.